The van der Waals surface area contributed by atoms with Crippen molar-refractivity contribution < 1.29 is 5.11 Å². The highest BCUT2D eigenvalue weighted by atomic mass is 16.3. The molecule has 0 fully saturated rings. The highest BCUT2D eigenvalue weighted by Crippen LogP contribution is 2.18. The van der Waals surface area contributed by atoms with Crippen LogP contribution in [0.3, 0.4) is 0 Å². The van der Waals surface area contributed by atoms with Crippen LogP contribution in [0.5, 0.6) is 0 Å². The van der Waals surface area contributed by atoms with Crippen LogP contribution in [0, 0.1) is 6.92 Å². The van der Waals surface area contributed by atoms with Gasteiger partial charge in [-0.1, -0.05) is 24.3 Å². The standard InChI is InChI=1S/C12H16NO/c1-10(14)8-13-7-6-11-4-2-3-5-12(11)9-13/h2-5,10,14H,1,6-9H2. The minimum Gasteiger partial charge on any atom is -0.392 e. The van der Waals surface area contributed by atoms with Gasteiger partial charge in [-0.2, -0.15) is 0 Å². The minimum atomic E-state index is -0.472. The highest BCUT2D eigenvalue weighted by molar-refractivity contribution is 5.29. The third kappa shape index (κ3) is 2.14. The first-order chi connectivity index (χ1) is 6.75. The fourth-order valence-corrected chi connectivity index (χ4v) is 2.01. The van der Waals surface area contributed by atoms with Crippen molar-refractivity contribution in [3.63, 3.8) is 0 Å². The van der Waals surface area contributed by atoms with Gasteiger partial charge < -0.3 is 5.11 Å². The van der Waals surface area contributed by atoms with Gasteiger partial charge in [-0.3, -0.25) is 4.90 Å². The number of fused-ring (bicyclic) bond motifs is 1. The SMILES string of the molecule is [CH2]C(O)CN1CCc2ccccc2C1. The first-order valence-electron chi connectivity index (χ1n) is 5.06. The van der Waals surface area contributed by atoms with E-state index < -0.39 is 6.10 Å². The molecule has 1 atom stereocenters. The zero-order chi connectivity index (χ0) is 9.97. The van der Waals surface area contributed by atoms with Crippen LogP contribution in [0.2, 0.25) is 0 Å². The molecule has 1 aromatic rings. The van der Waals surface area contributed by atoms with Gasteiger partial charge in [-0.15, -0.1) is 0 Å². The molecule has 0 aliphatic carbocycles. The molecule has 1 unspecified atom stereocenters. The van der Waals surface area contributed by atoms with Crippen LogP contribution in [-0.4, -0.2) is 29.2 Å². The predicted molar refractivity (Wildman–Crippen MR) is 56.8 cm³/mol. The smallest absolute Gasteiger partial charge is 0.0668 e. The summed E-state index contributed by atoms with van der Waals surface area (Å²) in [6.45, 7) is 6.26. The van der Waals surface area contributed by atoms with Crippen molar-refractivity contribution in [1.82, 2.24) is 4.90 Å². The Kier molecular flexibility index (Phi) is 2.85. The molecule has 0 saturated carbocycles. The van der Waals surface area contributed by atoms with Crippen LogP contribution in [0.15, 0.2) is 24.3 Å². The lowest BCUT2D eigenvalue weighted by molar-refractivity contribution is 0.136. The molecule has 2 heteroatoms. The van der Waals surface area contributed by atoms with Gasteiger partial charge in [-0.05, 0) is 24.5 Å². The largest absolute Gasteiger partial charge is 0.392 e. The average Bonchev–Trinajstić information content (AvgIpc) is 2.17. The van der Waals surface area contributed by atoms with Crippen LogP contribution in [0.1, 0.15) is 11.1 Å². The number of rotatable bonds is 2. The van der Waals surface area contributed by atoms with Gasteiger partial charge in [0.1, 0.15) is 0 Å². The number of β-amino-alcohol motifs (C(OH)–C–C–N with tert-alkyl or cyclic N) is 1. The lowest BCUT2D eigenvalue weighted by atomic mass is 10.00. The van der Waals surface area contributed by atoms with E-state index in [-0.39, 0.29) is 0 Å². The number of aliphatic hydroxyl groups is 1. The summed E-state index contributed by atoms with van der Waals surface area (Å²) < 4.78 is 0. The summed E-state index contributed by atoms with van der Waals surface area (Å²) in [5.74, 6) is 0. The van der Waals surface area contributed by atoms with E-state index in [4.69, 9.17) is 0 Å². The van der Waals surface area contributed by atoms with E-state index in [1.165, 1.54) is 11.1 Å². The Hall–Kier alpha value is -0.860. The molecule has 1 heterocycles. The Balaban J connectivity index is 2.06. The Labute approximate surface area is 85.2 Å². The summed E-state index contributed by atoms with van der Waals surface area (Å²) in [6.07, 6.45) is 0.614. The molecule has 1 radical (unpaired) electrons. The average molecular weight is 190 g/mol. The maximum atomic E-state index is 9.20. The molecule has 1 N–H and O–H groups in total. The lowest BCUT2D eigenvalue weighted by Gasteiger charge is -2.29. The van der Waals surface area contributed by atoms with Crippen LogP contribution in [0.4, 0.5) is 0 Å². The summed E-state index contributed by atoms with van der Waals surface area (Å²) in [4.78, 5) is 2.25. The predicted octanol–water partition coefficient (Wildman–Crippen LogP) is 1.24. The van der Waals surface area contributed by atoms with E-state index in [0.717, 1.165) is 19.5 Å². The number of benzene rings is 1. The fraction of sp³-hybridized carbons (Fsp3) is 0.417. The van der Waals surface area contributed by atoms with Gasteiger partial charge in [0.05, 0.1) is 6.10 Å². The summed E-state index contributed by atoms with van der Waals surface area (Å²) in [7, 11) is 0. The lowest BCUT2D eigenvalue weighted by Crippen LogP contribution is -2.35. The monoisotopic (exact) mass is 190 g/mol. The molecule has 0 spiro atoms. The first kappa shape index (κ1) is 9.69. The third-order valence-electron chi connectivity index (χ3n) is 2.68. The van der Waals surface area contributed by atoms with Crippen molar-refractivity contribution in [2.75, 3.05) is 13.1 Å². The van der Waals surface area contributed by atoms with Crippen molar-refractivity contribution >= 4 is 0 Å². The molecule has 1 aliphatic heterocycles. The molecule has 0 bridgehead atoms. The Morgan fingerprint density at radius 3 is 2.79 bits per heavy atom. The van der Waals surface area contributed by atoms with E-state index in [9.17, 15) is 5.11 Å². The van der Waals surface area contributed by atoms with Crippen molar-refractivity contribution in [3.8, 4) is 0 Å². The van der Waals surface area contributed by atoms with Gasteiger partial charge in [0, 0.05) is 19.6 Å². The van der Waals surface area contributed by atoms with Gasteiger partial charge in [0.2, 0.25) is 0 Å². The van der Waals surface area contributed by atoms with E-state index >= 15 is 0 Å². The van der Waals surface area contributed by atoms with Crippen LogP contribution in [-0.2, 0) is 13.0 Å². The number of nitrogens with zero attached hydrogens (tertiary/aromatic N) is 1. The molecule has 0 amide bonds. The van der Waals surface area contributed by atoms with Gasteiger partial charge in [0.25, 0.3) is 0 Å². The van der Waals surface area contributed by atoms with Crippen LogP contribution < -0.4 is 0 Å². The molecule has 14 heavy (non-hydrogen) atoms. The molecular weight excluding hydrogens is 174 g/mol. The molecule has 0 aromatic heterocycles. The maximum absolute atomic E-state index is 9.20. The summed E-state index contributed by atoms with van der Waals surface area (Å²) >= 11 is 0. The zero-order valence-corrected chi connectivity index (χ0v) is 8.32. The Bertz CT molecular complexity index is 309. The van der Waals surface area contributed by atoms with Gasteiger partial charge >= 0.3 is 0 Å². The van der Waals surface area contributed by atoms with Crippen molar-refractivity contribution in [2.24, 2.45) is 0 Å². The Morgan fingerprint density at radius 1 is 1.36 bits per heavy atom. The van der Waals surface area contributed by atoms with E-state index in [1.54, 1.807) is 0 Å². The molecule has 1 aliphatic rings. The zero-order valence-electron chi connectivity index (χ0n) is 8.32. The second-order valence-corrected chi connectivity index (χ2v) is 3.91. The van der Waals surface area contributed by atoms with Gasteiger partial charge in [-0.25, -0.2) is 0 Å². The van der Waals surface area contributed by atoms with E-state index in [1.807, 2.05) is 0 Å². The van der Waals surface area contributed by atoms with Crippen LogP contribution >= 0.6 is 0 Å². The molecule has 2 nitrogen and oxygen atoms in total. The summed E-state index contributed by atoms with van der Waals surface area (Å²) in [5, 5.41) is 9.20. The first-order valence-corrected chi connectivity index (χ1v) is 5.06. The van der Waals surface area contributed by atoms with E-state index in [2.05, 4.69) is 36.1 Å². The van der Waals surface area contributed by atoms with Crippen molar-refractivity contribution in [1.29, 1.82) is 0 Å². The molecule has 1 aromatic carbocycles. The summed E-state index contributed by atoms with van der Waals surface area (Å²) in [5.41, 5.74) is 2.83. The number of aliphatic hydroxyl groups excluding tert-OH is 1. The topological polar surface area (TPSA) is 23.5 Å². The number of hydrogen-bond acceptors (Lipinski definition) is 2. The fourth-order valence-electron chi connectivity index (χ4n) is 2.01. The molecule has 0 saturated heterocycles. The quantitative estimate of drug-likeness (QED) is 0.758. The third-order valence-corrected chi connectivity index (χ3v) is 2.68. The Morgan fingerprint density at radius 2 is 2.07 bits per heavy atom. The second kappa shape index (κ2) is 4.11. The minimum absolute atomic E-state index is 0.472. The highest BCUT2D eigenvalue weighted by Gasteiger charge is 2.16. The normalized spacial score (nSPS) is 19.0. The van der Waals surface area contributed by atoms with Crippen molar-refractivity contribution in [3.05, 3.63) is 42.3 Å². The molecular formula is C12H16NO. The van der Waals surface area contributed by atoms with Crippen molar-refractivity contribution in [2.45, 2.75) is 19.1 Å². The molecule has 2 rings (SSSR count). The maximum Gasteiger partial charge on any atom is 0.0668 e. The van der Waals surface area contributed by atoms with Crippen LogP contribution in [0.25, 0.3) is 0 Å². The number of hydrogen-bond donors (Lipinski definition) is 1. The molecule has 75 valence electrons. The van der Waals surface area contributed by atoms with E-state index in [0.29, 0.717) is 6.54 Å². The second-order valence-electron chi connectivity index (χ2n) is 3.91. The van der Waals surface area contributed by atoms with Gasteiger partial charge in [0.15, 0.2) is 0 Å². The summed E-state index contributed by atoms with van der Waals surface area (Å²) in [6, 6.07) is 8.51.